The number of thiophene rings is 1. The first-order valence-electron chi connectivity index (χ1n) is 6.37. The van der Waals surface area contributed by atoms with Gasteiger partial charge in [-0.1, -0.05) is 6.92 Å². The summed E-state index contributed by atoms with van der Waals surface area (Å²) in [5.41, 5.74) is 6.82. The van der Waals surface area contributed by atoms with E-state index < -0.39 is 0 Å². The Hall–Kier alpha value is -1.19. The lowest BCUT2D eigenvalue weighted by Gasteiger charge is -2.20. The number of hydrogen-bond acceptors (Lipinski definition) is 6. The van der Waals surface area contributed by atoms with Crippen molar-refractivity contribution >= 4 is 39.6 Å². The molecule has 1 aromatic heterocycles. The summed E-state index contributed by atoms with van der Waals surface area (Å²) >= 11 is 3.31. The molecule has 1 saturated heterocycles. The van der Waals surface area contributed by atoms with Crippen LogP contribution in [0.1, 0.15) is 35.0 Å². The van der Waals surface area contributed by atoms with Crippen molar-refractivity contribution in [2.24, 2.45) is 0 Å². The van der Waals surface area contributed by atoms with E-state index in [0.29, 0.717) is 22.5 Å². The number of carbonyl (C=O) groups excluding carboxylic acids is 1. The number of nitriles is 1. The predicted molar refractivity (Wildman–Crippen MR) is 82.2 cm³/mol. The Balaban J connectivity index is 2.39. The molecule has 2 rings (SSSR count). The van der Waals surface area contributed by atoms with E-state index >= 15 is 0 Å². The number of nitrogens with zero attached hydrogens (tertiary/aromatic N) is 2. The van der Waals surface area contributed by atoms with E-state index in [4.69, 9.17) is 5.73 Å². The Morgan fingerprint density at radius 2 is 2.26 bits per heavy atom. The molecule has 2 heterocycles. The van der Waals surface area contributed by atoms with E-state index in [0.717, 1.165) is 36.0 Å². The van der Waals surface area contributed by atoms with Crippen molar-refractivity contribution in [2.75, 3.05) is 35.2 Å². The van der Waals surface area contributed by atoms with Crippen LogP contribution >= 0.6 is 23.1 Å². The summed E-state index contributed by atoms with van der Waals surface area (Å²) in [5.74, 6) is 2.23. The highest BCUT2D eigenvalue weighted by atomic mass is 32.2. The van der Waals surface area contributed by atoms with Gasteiger partial charge in [-0.15, -0.1) is 11.3 Å². The number of carbonyl (C=O) groups is 1. The van der Waals surface area contributed by atoms with Gasteiger partial charge in [0.15, 0.2) is 5.78 Å². The maximum Gasteiger partial charge on any atom is 0.174 e. The molecule has 1 aromatic rings. The van der Waals surface area contributed by atoms with Crippen LogP contribution in [0.25, 0.3) is 0 Å². The number of ketones is 1. The molecule has 19 heavy (non-hydrogen) atoms. The fourth-order valence-electron chi connectivity index (χ4n) is 2.08. The maximum atomic E-state index is 11.9. The highest BCUT2D eigenvalue weighted by molar-refractivity contribution is 7.99. The molecule has 0 atom stereocenters. The quantitative estimate of drug-likeness (QED) is 0.868. The van der Waals surface area contributed by atoms with Crippen LogP contribution in [0.2, 0.25) is 0 Å². The van der Waals surface area contributed by atoms with E-state index in [-0.39, 0.29) is 5.78 Å². The van der Waals surface area contributed by atoms with Crippen molar-refractivity contribution in [1.82, 2.24) is 0 Å². The minimum atomic E-state index is 0.0226. The Morgan fingerprint density at radius 1 is 1.47 bits per heavy atom. The monoisotopic (exact) mass is 295 g/mol. The number of nitrogens with two attached hydrogens (primary N) is 1. The number of rotatable bonds is 3. The topological polar surface area (TPSA) is 70.1 Å². The minimum Gasteiger partial charge on any atom is -0.396 e. The first-order chi connectivity index (χ1) is 9.19. The van der Waals surface area contributed by atoms with Crippen LogP contribution < -0.4 is 10.6 Å². The Morgan fingerprint density at radius 3 is 2.95 bits per heavy atom. The van der Waals surface area contributed by atoms with Gasteiger partial charge in [-0.25, -0.2) is 0 Å². The van der Waals surface area contributed by atoms with Crippen molar-refractivity contribution in [3.05, 3.63) is 10.4 Å². The van der Waals surface area contributed by atoms with Crippen molar-refractivity contribution in [3.8, 4) is 6.07 Å². The molecule has 1 aliphatic heterocycles. The molecule has 0 aromatic carbocycles. The summed E-state index contributed by atoms with van der Waals surface area (Å²) in [7, 11) is 0. The van der Waals surface area contributed by atoms with Crippen LogP contribution in [0.15, 0.2) is 0 Å². The van der Waals surface area contributed by atoms with Gasteiger partial charge in [-0.05, 0) is 12.2 Å². The standard InChI is InChI=1S/C13H17N3OS2/c1-2-10(17)12-11(15)9(8-14)13(19-12)16-4-3-6-18-7-5-16/h2-7,15H2,1H3. The van der Waals surface area contributed by atoms with E-state index in [9.17, 15) is 10.1 Å². The molecule has 0 radical (unpaired) electrons. The maximum absolute atomic E-state index is 11.9. The van der Waals surface area contributed by atoms with Crippen molar-refractivity contribution in [1.29, 1.82) is 5.26 Å². The molecule has 102 valence electrons. The zero-order valence-electron chi connectivity index (χ0n) is 10.9. The fourth-order valence-corrected chi connectivity index (χ4v) is 4.20. The van der Waals surface area contributed by atoms with E-state index in [2.05, 4.69) is 11.0 Å². The summed E-state index contributed by atoms with van der Waals surface area (Å²) in [5, 5.41) is 10.2. The number of anilines is 2. The van der Waals surface area contributed by atoms with Crippen LogP contribution in [0.4, 0.5) is 10.7 Å². The third-order valence-electron chi connectivity index (χ3n) is 3.12. The van der Waals surface area contributed by atoms with Gasteiger partial charge in [0.25, 0.3) is 0 Å². The highest BCUT2D eigenvalue weighted by Gasteiger charge is 2.24. The van der Waals surface area contributed by atoms with Crippen molar-refractivity contribution < 1.29 is 4.79 Å². The number of hydrogen-bond donors (Lipinski definition) is 1. The van der Waals surface area contributed by atoms with Gasteiger partial charge >= 0.3 is 0 Å². The van der Waals surface area contributed by atoms with Crippen LogP contribution in [0, 0.1) is 11.3 Å². The Kier molecular flexibility index (Phi) is 4.72. The molecular formula is C13H17N3OS2. The second-order valence-corrected chi connectivity index (χ2v) is 6.59. The normalized spacial score (nSPS) is 15.9. The first-order valence-corrected chi connectivity index (χ1v) is 8.34. The molecule has 0 saturated carbocycles. The van der Waals surface area contributed by atoms with E-state index in [1.165, 1.54) is 11.3 Å². The highest BCUT2D eigenvalue weighted by Crippen LogP contribution is 2.39. The van der Waals surface area contributed by atoms with Gasteiger partial charge in [0.2, 0.25) is 0 Å². The fraction of sp³-hybridized carbons (Fsp3) is 0.538. The zero-order valence-corrected chi connectivity index (χ0v) is 12.6. The van der Waals surface area contributed by atoms with Gasteiger partial charge in [0.1, 0.15) is 16.6 Å². The number of thioether (sulfide) groups is 1. The van der Waals surface area contributed by atoms with Gasteiger partial charge < -0.3 is 10.6 Å². The van der Waals surface area contributed by atoms with Crippen molar-refractivity contribution in [3.63, 3.8) is 0 Å². The van der Waals surface area contributed by atoms with Gasteiger partial charge in [0.05, 0.1) is 10.6 Å². The molecule has 0 amide bonds. The zero-order chi connectivity index (χ0) is 13.8. The predicted octanol–water partition coefficient (Wildman–Crippen LogP) is 2.74. The summed E-state index contributed by atoms with van der Waals surface area (Å²) in [6.07, 6.45) is 1.52. The lowest BCUT2D eigenvalue weighted by Crippen LogP contribution is -2.25. The summed E-state index contributed by atoms with van der Waals surface area (Å²) in [6.45, 7) is 3.66. The molecule has 1 aliphatic rings. The molecule has 0 bridgehead atoms. The number of Topliss-reactive ketones (excluding diaryl/α,β-unsaturated/α-hetero) is 1. The summed E-state index contributed by atoms with van der Waals surface area (Å²) < 4.78 is 0. The molecule has 0 spiro atoms. The van der Waals surface area contributed by atoms with Crippen LogP contribution in [-0.4, -0.2) is 30.4 Å². The second kappa shape index (κ2) is 6.31. The van der Waals surface area contributed by atoms with Crippen LogP contribution in [-0.2, 0) is 0 Å². The second-order valence-electron chi connectivity index (χ2n) is 4.37. The summed E-state index contributed by atoms with van der Waals surface area (Å²) in [6, 6.07) is 2.17. The lowest BCUT2D eigenvalue weighted by molar-refractivity contribution is 0.0993. The molecule has 2 N–H and O–H groups in total. The molecular weight excluding hydrogens is 278 g/mol. The molecule has 0 unspecified atom stereocenters. The Labute approximate surface area is 121 Å². The third kappa shape index (κ3) is 2.88. The van der Waals surface area contributed by atoms with E-state index in [1.807, 2.05) is 18.7 Å². The minimum absolute atomic E-state index is 0.0226. The molecule has 1 fully saturated rings. The molecule has 6 heteroatoms. The SMILES string of the molecule is CCC(=O)c1sc(N2CCCSCC2)c(C#N)c1N. The summed E-state index contributed by atoms with van der Waals surface area (Å²) in [4.78, 5) is 14.6. The van der Waals surface area contributed by atoms with Gasteiger partial charge in [0, 0.05) is 25.3 Å². The average Bonchev–Trinajstić information content (AvgIpc) is 2.61. The molecule has 4 nitrogen and oxygen atoms in total. The molecule has 0 aliphatic carbocycles. The average molecular weight is 295 g/mol. The smallest absolute Gasteiger partial charge is 0.174 e. The van der Waals surface area contributed by atoms with Gasteiger partial charge in [-0.3, -0.25) is 4.79 Å². The largest absolute Gasteiger partial charge is 0.396 e. The first kappa shape index (κ1) is 14.2. The third-order valence-corrected chi connectivity index (χ3v) is 5.48. The lowest BCUT2D eigenvalue weighted by atomic mass is 10.2. The number of nitrogen functional groups attached to an aromatic ring is 1. The van der Waals surface area contributed by atoms with Crippen LogP contribution in [0.5, 0.6) is 0 Å². The Bertz CT molecular complexity index is 511. The van der Waals surface area contributed by atoms with Crippen molar-refractivity contribution in [2.45, 2.75) is 19.8 Å². The van der Waals surface area contributed by atoms with Crippen LogP contribution in [0.3, 0.4) is 0 Å². The van der Waals surface area contributed by atoms with Gasteiger partial charge in [-0.2, -0.15) is 17.0 Å². The van der Waals surface area contributed by atoms with E-state index in [1.54, 1.807) is 0 Å².